The Bertz CT molecular complexity index is 711. The maximum Gasteiger partial charge on any atom is 0.307 e. The highest BCUT2D eigenvalue weighted by atomic mass is 32.2. The number of carbonyl (C=O) groups is 2. The van der Waals surface area contributed by atoms with Gasteiger partial charge in [0.25, 0.3) is 0 Å². The highest BCUT2D eigenvalue weighted by Gasteiger charge is 2.26. The molecule has 0 aromatic heterocycles. The Morgan fingerprint density at radius 1 is 1.36 bits per heavy atom. The van der Waals surface area contributed by atoms with Crippen LogP contribution in [0.4, 0.5) is 0 Å². The molecule has 0 amide bonds. The van der Waals surface area contributed by atoms with E-state index in [4.69, 9.17) is 5.11 Å². The van der Waals surface area contributed by atoms with Crippen LogP contribution >= 0.6 is 0 Å². The summed E-state index contributed by atoms with van der Waals surface area (Å²) in [6.45, 7) is 1.35. The van der Waals surface area contributed by atoms with Gasteiger partial charge >= 0.3 is 5.97 Å². The summed E-state index contributed by atoms with van der Waals surface area (Å²) in [5, 5.41) is 8.90. The van der Waals surface area contributed by atoms with Gasteiger partial charge in [-0.2, -0.15) is 0 Å². The highest BCUT2D eigenvalue weighted by molar-refractivity contribution is 7.89. The lowest BCUT2D eigenvalue weighted by Crippen LogP contribution is -2.33. The monoisotopic (exact) mass is 325 g/mol. The predicted octanol–water partition coefficient (Wildman–Crippen LogP) is 1.55. The second kappa shape index (κ2) is 6.18. The van der Waals surface area contributed by atoms with Crippen molar-refractivity contribution in [3.8, 4) is 0 Å². The van der Waals surface area contributed by atoms with E-state index < -0.39 is 21.9 Å². The standard InChI is InChI=1S/C15H19NO5S/c1-10(15(18)19)9-16(2)22(20,21)12-6-7-13-11(8-12)4-3-5-14(13)17/h6-8,10H,3-5,9H2,1-2H3,(H,18,19). The number of rotatable bonds is 5. The summed E-state index contributed by atoms with van der Waals surface area (Å²) in [6, 6.07) is 4.50. The smallest absolute Gasteiger partial charge is 0.307 e. The van der Waals surface area contributed by atoms with Gasteiger partial charge in [-0.1, -0.05) is 6.92 Å². The Morgan fingerprint density at radius 3 is 2.68 bits per heavy atom. The fourth-order valence-corrected chi connectivity index (χ4v) is 3.84. The van der Waals surface area contributed by atoms with Crippen molar-refractivity contribution in [2.45, 2.75) is 31.1 Å². The van der Waals surface area contributed by atoms with Crippen molar-refractivity contribution in [3.63, 3.8) is 0 Å². The fraction of sp³-hybridized carbons (Fsp3) is 0.467. The largest absolute Gasteiger partial charge is 0.481 e. The quantitative estimate of drug-likeness (QED) is 0.886. The van der Waals surface area contributed by atoms with E-state index in [9.17, 15) is 18.0 Å². The van der Waals surface area contributed by atoms with Crippen LogP contribution in [0.5, 0.6) is 0 Å². The molecule has 6 nitrogen and oxygen atoms in total. The number of Topliss-reactive ketones (excluding diaryl/α,β-unsaturated/α-hetero) is 1. The molecule has 1 N–H and O–H groups in total. The summed E-state index contributed by atoms with van der Waals surface area (Å²) in [4.78, 5) is 22.7. The molecule has 0 spiro atoms. The van der Waals surface area contributed by atoms with Crippen LogP contribution in [0.3, 0.4) is 0 Å². The summed E-state index contributed by atoms with van der Waals surface area (Å²) in [7, 11) is -2.40. The van der Waals surface area contributed by atoms with Gasteiger partial charge in [0.2, 0.25) is 10.0 Å². The molecule has 0 fully saturated rings. The molecule has 22 heavy (non-hydrogen) atoms. The van der Waals surface area contributed by atoms with E-state index in [1.54, 1.807) is 6.07 Å². The van der Waals surface area contributed by atoms with Crippen LogP contribution in [0.2, 0.25) is 0 Å². The highest BCUT2D eigenvalue weighted by Crippen LogP contribution is 2.25. The zero-order valence-corrected chi connectivity index (χ0v) is 13.4. The number of ketones is 1. The van der Waals surface area contributed by atoms with Gasteiger partial charge in [0.15, 0.2) is 5.78 Å². The second-order valence-electron chi connectivity index (χ2n) is 5.62. The number of aryl methyl sites for hydroxylation is 1. The summed E-state index contributed by atoms with van der Waals surface area (Å²) in [6.07, 6.45) is 1.90. The number of carboxylic acids is 1. The molecular weight excluding hydrogens is 306 g/mol. The van der Waals surface area contributed by atoms with Crippen LogP contribution in [-0.2, 0) is 21.2 Å². The average Bonchev–Trinajstić information content (AvgIpc) is 2.46. The zero-order chi connectivity index (χ0) is 16.5. The molecule has 1 atom stereocenters. The number of carbonyl (C=O) groups excluding carboxylic acids is 1. The fourth-order valence-electron chi connectivity index (χ4n) is 2.53. The molecule has 1 aromatic rings. The third kappa shape index (κ3) is 3.20. The normalized spacial score (nSPS) is 16.4. The minimum Gasteiger partial charge on any atom is -0.481 e. The van der Waals surface area contributed by atoms with E-state index in [1.807, 2.05) is 0 Å². The van der Waals surface area contributed by atoms with Gasteiger partial charge in [-0.25, -0.2) is 12.7 Å². The summed E-state index contributed by atoms with van der Waals surface area (Å²) >= 11 is 0. The topological polar surface area (TPSA) is 91.8 Å². The first-order chi connectivity index (χ1) is 10.2. The summed E-state index contributed by atoms with van der Waals surface area (Å²) in [5.41, 5.74) is 1.34. The molecular formula is C15H19NO5S. The molecule has 120 valence electrons. The second-order valence-corrected chi connectivity index (χ2v) is 7.67. The lowest BCUT2D eigenvalue weighted by Gasteiger charge is -2.21. The number of nitrogens with zero attached hydrogens (tertiary/aromatic N) is 1. The first kappa shape index (κ1) is 16.6. The Kier molecular flexibility index (Phi) is 4.67. The Hall–Kier alpha value is -1.73. The van der Waals surface area contributed by atoms with Crippen molar-refractivity contribution < 1.29 is 23.1 Å². The number of aliphatic carboxylic acids is 1. The van der Waals surface area contributed by atoms with Gasteiger partial charge < -0.3 is 5.11 Å². The first-order valence-corrected chi connectivity index (χ1v) is 8.52. The average molecular weight is 325 g/mol. The molecule has 0 bridgehead atoms. The number of sulfonamides is 1. The van der Waals surface area contributed by atoms with Crippen molar-refractivity contribution in [3.05, 3.63) is 29.3 Å². The maximum absolute atomic E-state index is 12.5. The number of hydrogen-bond acceptors (Lipinski definition) is 4. The third-order valence-electron chi connectivity index (χ3n) is 3.89. The number of benzene rings is 1. The molecule has 0 radical (unpaired) electrons. The van der Waals surface area contributed by atoms with Gasteiger partial charge in [0.05, 0.1) is 10.8 Å². The molecule has 0 heterocycles. The van der Waals surface area contributed by atoms with E-state index in [0.717, 1.165) is 16.3 Å². The van der Waals surface area contributed by atoms with Gasteiger partial charge in [0.1, 0.15) is 0 Å². The minimum atomic E-state index is -3.76. The van der Waals surface area contributed by atoms with Crippen molar-refractivity contribution >= 4 is 21.8 Å². The van der Waals surface area contributed by atoms with Crippen molar-refractivity contribution in [1.82, 2.24) is 4.31 Å². The molecule has 7 heteroatoms. The van der Waals surface area contributed by atoms with Crippen molar-refractivity contribution in [2.75, 3.05) is 13.6 Å². The van der Waals surface area contributed by atoms with Crippen molar-refractivity contribution in [1.29, 1.82) is 0 Å². The van der Waals surface area contributed by atoms with Gasteiger partial charge in [-0.3, -0.25) is 9.59 Å². The van der Waals surface area contributed by atoms with Crippen LogP contribution in [0.1, 0.15) is 35.7 Å². The van der Waals surface area contributed by atoms with Crippen LogP contribution in [0.15, 0.2) is 23.1 Å². The van der Waals surface area contributed by atoms with Crippen LogP contribution in [-0.4, -0.2) is 43.2 Å². The number of fused-ring (bicyclic) bond motifs is 1. The van der Waals surface area contributed by atoms with E-state index in [2.05, 4.69) is 0 Å². The van der Waals surface area contributed by atoms with Crippen LogP contribution < -0.4 is 0 Å². The molecule has 0 saturated carbocycles. The first-order valence-electron chi connectivity index (χ1n) is 7.08. The van der Waals surface area contributed by atoms with Gasteiger partial charge in [-0.15, -0.1) is 0 Å². The predicted molar refractivity (Wildman–Crippen MR) is 80.3 cm³/mol. The van der Waals surface area contributed by atoms with Gasteiger partial charge in [0, 0.05) is 25.6 Å². The summed E-state index contributed by atoms with van der Waals surface area (Å²) < 4.78 is 26.1. The Labute approximate surface area is 129 Å². The minimum absolute atomic E-state index is 0.0399. The van der Waals surface area contributed by atoms with E-state index in [0.29, 0.717) is 18.4 Å². The zero-order valence-electron chi connectivity index (χ0n) is 12.6. The van der Waals surface area contributed by atoms with E-state index in [-0.39, 0.29) is 17.2 Å². The lowest BCUT2D eigenvalue weighted by molar-refractivity contribution is -0.141. The summed E-state index contributed by atoms with van der Waals surface area (Å²) in [5.74, 6) is -1.80. The molecule has 2 rings (SSSR count). The molecule has 1 unspecified atom stereocenters. The lowest BCUT2D eigenvalue weighted by atomic mass is 9.91. The van der Waals surface area contributed by atoms with Gasteiger partial charge in [-0.05, 0) is 36.6 Å². The number of hydrogen-bond donors (Lipinski definition) is 1. The number of carboxylic acid groups (broad SMARTS) is 1. The van der Waals surface area contributed by atoms with E-state index >= 15 is 0 Å². The molecule has 1 aliphatic carbocycles. The van der Waals surface area contributed by atoms with E-state index in [1.165, 1.54) is 26.1 Å². The molecule has 1 aliphatic rings. The Morgan fingerprint density at radius 2 is 2.05 bits per heavy atom. The molecule has 1 aromatic carbocycles. The SMILES string of the molecule is CC(CN(C)S(=O)(=O)c1ccc2c(c1)CCCC2=O)C(=O)O. The maximum atomic E-state index is 12.5. The molecule has 0 saturated heterocycles. The third-order valence-corrected chi connectivity index (χ3v) is 5.71. The Balaban J connectivity index is 2.30. The van der Waals surface area contributed by atoms with Crippen molar-refractivity contribution in [2.24, 2.45) is 5.92 Å². The molecule has 0 aliphatic heterocycles. The van der Waals surface area contributed by atoms with Crippen LogP contribution in [0, 0.1) is 5.92 Å². The van der Waals surface area contributed by atoms with Crippen LogP contribution in [0.25, 0.3) is 0 Å².